The molecule has 2 aliphatic rings. The van der Waals surface area contributed by atoms with Gasteiger partial charge in [-0.25, -0.2) is 4.79 Å². The van der Waals surface area contributed by atoms with Crippen molar-refractivity contribution in [2.75, 3.05) is 19.6 Å². The van der Waals surface area contributed by atoms with Gasteiger partial charge in [0.2, 0.25) is 0 Å². The van der Waals surface area contributed by atoms with Gasteiger partial charge in [-0.2, -0.15) is 0 Å². The Morgan fingerprint density at radius 1 is 1.25 bits per heavy atom. The average Bonchev–Trinajstić information content (AvgIpc) is 3.10. The minimum Gasteiger partial charge on any atom is -0.325 e. The van der Waals surface area contributed by atoms with Gasteiger partial charge in [0, 0.05) is 25.7 Å². The van der Waals surface area contributed by atoms with Gasteiger partial charge < -0.3 is 9.80 Å². The van der Waals surface area contributed by atoms with Crippen molar-refractivity contribution >= 4 is 6.03 Å². The van der Waals surface area contributed by atoms with Crippen LogP contribution < -0.4 is 0 Å². The first-order chi connectivity index (χ1) is 7.68. The van der Waals surface area contributed by atoms with Crippen molar-refractivity contribution in [3.8, 4) is 0 Å². The Morgan fingerprint density at radius 2 is 1.88 bits per heavy atom. The fourth-order valence-electron chi connectivity index (χ4n) is 2.43. The highest BCUT2D eigenvalue weighted by Gasteiger charge is 2.35. The van der Waals surface area contributed by atoms with Crippen molar-refractivity contribution in [2.24, 2.45) is 5.92 Å². The molecule has 0 aromatic carbocycles. The SMILES string of the molecule is CC(C)CN(C(=O)N1CCCCC1)C1CC1. The number of hydrogen-bond donors (Lipinski definition) is 0. The molecular weight excluding hydrogens is 200 g/mol. The molecule has 0 spiro atoms. The lowest BCUT2D eigenvalue weighted by molar-refractivity contribution is 0.135. The molecule has 2 fully saturated rings. The lowest BCUT2D eigenvalue weighted by Crippen LogP contribution is -2.47. The molecule has 0 radical (unpaired) electrons. The summed E-state index contributed by atoms with van der Waals surface area (Å²) in [4.78, 5) is 16.5. The monoisotopic (exact) mass is 224 g/mol. The van der Waals surface area contributed by atoms with Gasteiger partial charge in [-0.05, 0) is 38.0 Å². The van der Waals surface area contributed by atoms with Crippen LogP contribution >= 0.6 is 0 Å². The molecule has 3 heteroatoms. The Morgan fingerprint density at radius 3 is 2.38 bits per heavy atom. The lowest BCUT2D eigenvalue weighted by atomic mass is 10.1. The summed E-state index contributed by atoms with van der Waals surface area (Å²) in [5.41, 5.74) is 0. The van der Waals surface area contributed by atoms with E-state index in [2.05, 4.69) is 23.6 Å². The molecule has 2 amide bonds. The predicted octanol–water partition coefficient (Wildman–Crippen LogP) is 2.71. The van der Waals surface area contributed by atoms with Gasteiger partial charge in [-0.15, -0.1) is 0 Å². The van der Waals surface area contributed by atoms with Crippen molar-refractivity contribution in [1.82, 2.24) is 9.80 Å². The van der Waals surface area contributed by atoms with Crippen LogP contribution in [0.1, 0.15) is 46.0 Å². The fraction of sp³-hybridized carbons (Fsp3) is 0.923. The zero-order valence-electron chi connectivity index (χ0n) is 10.6. The van der Waals surface area contributed by atoms with E-state index < -0.39 is 0 Å². The second kappa shape index (κ2) is 5.07. The molecule has 0 aromatic rings. The van der Waals surface area contributed by atoms with Gasteiger partial charge in [0.05, 0.1) is 0 Å². The molecule has 3 nitrogen and oxygen atoms in total. The van der Waals surface area contributed by atoms with Crippen LogP contribution in [0.5, 0.6) is 0 Å². The summed E-state index contributed by atoms with van der Waals surface area (Å²) in [6.07, 6.45) is 6.09. The van der Waals surface area contributed by atoms with Crippen molar-refractivity contribution in [3.63, 3.8) is 0 Å². The number of carbonyl (C=O) groups is 1. The molecule has 1 heterocycles. The molecule has 0 atom stereocenters. The highest BCUT2D eigenvalue weighted by atomic mass is 16.2. The normalized spacial score (nSPS) is 21.3. The molecule has 92 valence electrons. The Hall–Kier alpha value is -0.730. The van der Waals surface area contributed by atoms with E-state index in [-0.39, 0.29) is 0 Å². The highest BCUT2D eigenvalue weighted by Crippen LogP contribution is 2.29. The van der Waals surface area contributed by atoms with Crippen molar-refractivity contribution in [3.05, 3.63) is 0 Å². The van der Waals surface area contributed by atoms with Gasteiger partial charge in [-0.3, -0.25) is 0 Å². The first-order valence-corrected chi connectivity index (χ1v) is 6.74. The molecule has 1 aliphatic carbocycles. The molecule has 0 unspecified atom stereocenters. The molecule has 0 aromatic heterocycles. The third-order valence-corrected chi connectivity index (χ3v) is 3.42. The van der Waals surface area contributed by atoms with Gasteiger partial charge in [0.15, 0.2) is 0 Å². The number of carbonyl (C=O) groups excluding carboxylic acids is 1. The average molecular weight is 224 g/mol. The number of nitrogens with zero attached hydrogens (tertiary/aromatic N) is 2. The minimum atomic E-state index is 0.302. The maximum atomic E-state index is 12.4. The number of amides is 2. The molecular formula is C13H24N2O. The second-order valence-corrected chi connectivity index (χ2v) is 5.61. The van der Waals surface area contributed by atoms with Crippen LogP contribution in [0.15, 0.2) is 0 Å². The van der Waals surface area contributed by atoms with Crippen LogP contribution in [-0.4, -0.2) is 41.5 Å². The number of rotatable bonds is 3. The van der Waals surface area contributed by atoms with Gasteiger partial charge in [-0.1, -0.05) is 13.8 Å². The summed E-state index contributed by atoms with van der Waals surface area (Å²) in [7, 11) is 0. The molecule has 0 bridgehead atoms. The van der Waals surface area contributed by atoms with Crippen LogP contribution in [-0.2, 0) is 0 Å². The van der Waals surface area contributed by atoms with Gasteiger partial charge in [0.25, 0.3) is 0 Å². The minimum absolute atomic E-state index is 0.302. The Bertz CT molecular complexity index is 242. The number of urea groups is 1. The molecule has 1 aliphatic heterocycles. The van der Waals surface area contributed by atoms with E-state index in [1.807, 2.05) is 0 Å². The molecule has 1 saturated heterocycles. The Balaban J connectivity index is 1.92. The molecule has 1 saturated carbocycles. The van der Waals surface area contributed by atoms with E-state index in [9.17, 15) is 4.79 Å². The van der Waals surface area contributed by atoms with Crippen LogP contribution in [0.25, 0.3) is 0 Å². The first kappa shape index (κ1) is 11.7. The molecule has 2 rings (SSSR count). The second-order valence-electron chi connectivity index (χ2n) is 5.61. The summed E-state index contributed by atoms with van der Waals surface area (Å²) >= 11 is 0. The van der Waals surface area contributed by atoms with E-state index in [1.54, 1.807) is 0 Å². The molecule has 16 heavy (non-hydrogen) atoms. The van der Waals surface area contributed by atoms with Gasteiger partial charge >= 0.3 is 6.03 Å². The zero-order chi connectivity index (χ0) is 11.5. The van der Waals surface area contributed by atoms with E-state index >= 15 is 0 Å². The Kier molecular flexibility index (Phi) is 3.72. The van der Waals surface area contributed by atoms with Crippen LogP contribution in [0.2, 0.25) is 0 Å². The summed E-state index contributed by atoms with van der Waals surface area (Å²) < 4.78 is 0. The maximum Gasteiger partial charge on any atom is 0.320 e. The predicted molar refractivity (Wildman–Crippen MR) is 65.4 cm³/mol. The summed E-state index contributed by atoms with van der Waals surface area (Å²) in [5.74, 6) is 0.578. The number of likely N-dealkylation sites (tertiary alicyclic amines) is 1. The maximum absolute atomic E-state index is 12.4. The third kappa shape index (κ3) is 2.89. The van der Waals surface area contributed by atoms with E-state index in [0.717, 1.165) is 19.6 Å². The highest BCUT2D eigenvalue weighted by molar-refractivity contribution is 5.75. The van der Waals surface area contributed by atoms with Crippen LogP contribution in [0.4, 0.5) is 4.79 Å². The van der Waals surface area contributed by atoms with E-state index in [0.29, 0.717) is 18.0 Å². The quantitative estimate of drug-likeness (QED) is 0.723. The third-order valence-electron chi connectivity index (χ3n) is 3.42. The van der Waals surface area contributed by atoms with Crippen molar-refractivity contribution < 1.29 is 4.79 Å². The van der Waals surface area contributed by atoms with E-state index in [4.69, 9.17) is 0 Å². The standard InChI is InChI=1S/C13H24N2O/c1-11(2)10-15(12-6-7-12)13(16)14-8-4-3-5-9-14/h11-12H,3-10H2,1-2H3. The fourth-order valence-corrected chi connectivity index (χ4v) is 2.43. The van der Waals surface area contributed by atoms with Crippen LogP contribution in [0, 0.1) is 5.92 Å². The smallest absolute Gasteiger partial charge is 0.320 e. The van der Waals surface area contributed by atoms with Crippen molar-refractivity contribution in [1.29, 1.82) is 0 Å². The summed E-state index contributed by atoms with van der Waals surface area (Å²) in [6, 6.07) is 0.854. The first-order valence-electron chi connectivity index (χ1n) is 6.74. The number of hydrogen-bond acceptors (Lipinski definition) is 1. The lowest BCUT2D eigenvalue weighted by Gasteiger charge is -2.34. The van der Waals surface area contributed by atoms with Crippen LogP contribution in [0.3, 0.4) is 0 Å². The number of piperidine rings is 1. The zero-order valence-corrected chi connectivity index (χ0v) is 10.6. The largest absolute Gasteiger partial charge is 0.325 e. The van der Waals surface area contributed by atoms with E-state index in [1.165, 1.54) is 32.1 Å². The van der Waals surface area contributed by atoms with Crippen molar-refractivity contribution in [2.45, 2.75) is 52.0 Å². The van der Waals surface area contributed by atoms with Gasteiger partial charge in [0.1, 0.15) is 0 Å². The molecule has 0 N–H and O–H groups in total. The summed E-state index contributed by atoms with van der Waals surface area (Å²) in [6.45, 7) is 7.26. The summed E-state index contributed by atoms with van der Waals surface area (Å²) in [5, 5.41) is 0. The topological polar surface area (TPSA) is 23.6 Å². The Labute approximate surface area is 98.8 Å².